The summed E-state index contributed by atoms with van der Waals surface area (Å²) in [5.74, 6) is -0.765. The molecule has 1 saturated heterocycles. The first-order chi connectivity index (χ1) is 8.63. The van der Waals surface area contributed by atoms with Gasteiger partial charge in [-0.15, -0.1) is 0 Å². The fourth-order valence-electron chi connectivity index (χ4n) is 1.69. The van der Waals surface area contributed by atoms with E-state index in [1.165, 1.54) is 12.0 Å². The molecular formula is C10H13N3O5. The van der Waals surface area contributed by atoms with Gasteiger partial charge >= 0.3 is 5.97 Å². The smallest absolute Gasteiger partial charge is 0.331 e. The molecule has 18 heavy (non-hydrogen) atoms. The van der Waals surface area contributed by atoms with Gasteiger partial charge in [0.1, 0.15) is 0 Å². The molecule has 1 aromatic heterocycles. The highest BCUT2D eigenvalue weighted by Crippen LogP contribution is 2.12. The van der Waals surface area contributed by atoms with Crippen LogP contribution in [0.4, 0.5) is 0 Å². The van der Waals surface area contributed by atoms with E-state index in [-0.39, 0.29) is 19.0 Å². The zero-order valence-electron chi connectivity index (χ0n) is 10.1. The number of nitrogens with zero attached hydrogens (tertiary/aromatic N) is 3. The van der Waals surface area contributed by atoms with Gasteiger partial charge in [-0.25, -0.2) is 4.79 Å². The number of aryl methyl sites for hydroxylation is 1. The third-order valence-electron chi connectivity index (χ3n) is 2.58. The first-order valence-corrected chi connectivity index (χ1v) is 5.40. The van der Waals surface area contributed by atoms with E-state index in [2.05, 4.69) is 14.9 Å². The van der Waals surface area contributed by atoms with Crippen LogP contribution >= 0.6 is 0 Å². The van der Waals surface area contributed by atoms with Crippen LogP contribution in [0.15, 0.2) is 4.52 Å². The zero-order chi connectivity index (χ0) is 13.1. The minimum atomic E-state index is -0.768. The van der Waals surface area contributed by atoms with E-state index >= 15 is 0 Å². The second kappa shape index (κ2) is 5.13. The van der Waals surface area contributed by atoms with Crippen molar-refractivity contribution in [2.24, 2.45) is 0 Å². The summed E-state index contributed by atoms with van der Waals surface area (Å²) in [7, 11) is 1.26. The number of aromatic nitrogens is 2. The molecule has 1 aliphatic heterocycles. The second-order valence-electron chi connectivity index (χ2n) is 3.75. The van der Waals surface area contributed by atoms with Crippen molar-refractivity contribution in [3.05, 3.63) is 11.7 Å². The highest BCUT2D eigenvalue weighted by atomic mass is 16.5. The van der Waals surface area contributed by atoms with Crippen LogP contribution in [-0.2, 0) is 14.3 Å². The third-order valence-corrected chi connectivity index (χ3v) is 2.58. The van der Waals surface area contributed by atoms with E-state index in [1.54, 1.807) is 6.92 Å². The average molecular weight is 255 g/mol. The van der Waals surface area contributed by atoms with Crippen LogP contribution in [-0.4, -0.2) is 59.8 Å². The van der Waals surface area contributed by atoms with Crippen molar-refractivity contribution in [1.82, 2.24) is 15.0 Å². The summed E-state index contributed by atoms with van der Waals surface area (Å²) in [6.07, 6.45) is 0. The van der Waals surface area contributed by atoms with Gasteiger partial charge in [0.2, 0.25) is 5.89 Å². The summed E-state index contributed by atoms with van der Waals surface area (Å²) in [6, 6.07) is -0.768. The number of carbonyl (C=O) groups excluding carboxylic acids is 2. The number of methoxy groups -OCH3 is 1. The molecule has 1 amide bonds. The van der Waals surface area contributed by atoms with Gasteiger partial charge in [-0.05, 0) is 0 Å². The first kappa shape index (κ1) is 12.5. The Morgan fingerprint density at radius 1 is 1.50 bits per heavy atom. The Bertz CT molecular complexity index is 458. The van der Waals surface area contributed by atoms with Crippen LogP contribution in [0.2, 0.25) is 0 Å². The molecule has 0 bridgehead atoms. The largest absolute Gasteiger partial charge is 0.467 e. The molecule has 0 aliphatic carbocycles. The normalized spacial score (nSPS) is 19.7. The molecule has 8 nitrogen and oxygen atoms in total. The summed E-state index contributed by atoms with van der Waals surface area (Å²) < 4.78 is 14.5. The van der Waals surface area contributed by atoms with E-state index in [4.69, 9.17) is 9.26 Å². The number of hydrogen-bond donors (Lipinski definition) is 0. The van der Waals surface area contributed by atoms with Crippen LogP contribution < -0.4 is 0 Å². The van der Waals surface area contributed by atoms with Gasteiger partial charge in [-0.3, -0.25) is 4.79 Å². The van der Waals surface area contributed by atoms with Gasteiger partial charge in [0, 0.05) is 13.5 Å². The minimum Gasteiger partial charge on any atom is -0.467 e. The molecule has 0 N–H and O–H groups in total. The first-order valence-electron chi connectivity index (χ1n) is 5.40. The number of carbonyl (C=O) groups is 2. The fourth-order valence-corrected chi connectivity index (χ4v) is 1.69. The molecule has 1 fully saturated rings. The number of rotatable bonds is 2. The second-order valence-corrected chi connectivity index (χ2v) is 3.75. The van der Waals surface area contributed by atoms with Crippen molar-refractivity contribution in [3.8, 4) is 0 Å². The summed E-state index contributed by atoms with van der Waals surface area (Å²) in [6.45, 7) is 2.33. The number of ether oxygens (including phenoxy) is 2. The molecule has 0 aromatic carbocycles. The van der Waals surface area contributed by atoms with Crippen molar-refractivity contribution >= 4 is 11.9 Å². The molecule has 8 heteroatoms. The molecule has 0 saturated carbocycles. The molecule has 1 unspecified atom stereocenters. The van der Waals surface area contributed by atoms with Crippen molar-refractivity contribution in [1.29, 1.82) is 0 Å². The highest BCUT2D eigenvalue weighted by Gasteiger charge is 2.35. The Kier molecular flexibility index (Phi) is 3.56. The molecule has 0 spiro atoms. The lowest BCUT2D eigenvalue weighted by atomic mass is 10.2. The quantitative estimate of drug-likeness (QED) is 0.650. The molecule has 1 atom stereocenters. The van der Waals surface area contributed by atoms with Crippen LogP contribution in [0.3, 0.4) is 0 Å². The predicted molar refractivity (Wildman–Crippen MR) is 56.7 cm³/mol. The van der Waals surface area contributed by atoms with Crippen molar-refractivity contribution in [3.63, 3.8) is 0 Å². The monoisotopic (exact) mass is 255 g/mol. The van der Waals surface area contributed by atoms with Gasteiger partial charge in [0.15, 0.2) is 6.04 Å². The average Bonchev–Trinajstić information content (AvgIpc) is 2.83. The van der Waals surface area contributed by atoms with E-state index in [0.29, 0.717) is 12.5 Å². The summed E-state index contributed by atoms with van der Waals surface area (Å²) in [4.78, 5) is 28.9. The Morgan fingerprint density at radius 2 is 2.28 bits per heavy atom. The Hall–Kier alpha value is -1.96. The maximum atomic E-state index is 12.1. The van der Waals surface area contributed by atoms with E-state index in [1.807, 2.05) is 0 Å². The SMILES string of the molecule is COC(=O)C1COCCN1C(=O)c1noc(C)n1. The zero-order valence-corrected chi connectivity index (χ0v) is 10.1. The molecule has 2 rings (SSSR count). The molecular weight excluding hydrogens is 242 g/mol. The van der Waals surface area contributed by atoms with Gasteiger partial charge in [-0.2, -0.15) is 4.98 Å². The van der Waals surface area contributed by atoms with E-state index < -0.39 is 17.9 Å². The third kappa shape index (κ3) is 2.33. The lowest BCUT2D eigenvalue weighted by Crippen LogP contribution is -2.53. The van der Waals surface area contributed by atoms with Gasteiger partial charge in [-0.1, -0.05) is 5.16 Å². The number of hydrogen-bond acceptors (Lipinski definition) is 7. The maximum absolute atomic E-state index is 12.1. The van der Waals surface area contributed by atoms with Crippen LogP contribution in [0.25, 0.3) is 0 Å². The molecule has 0 radical (unpaired) electrons. The Morgan fingerprint density at radius 3 is 2.89 bits per heavy atom. The lowest BCUT2D eigenvalue weighted by Gasteiger charge is -2.32. The number of esters is 1. The number of morpholine rings is 1. The molecule has 98 valence electrons. The Labute approximate surface area is 103 Å². The van der Waals surface area contributed by atoms with Gasteiger partial charge < -0.3 is 18.9 Å². The van der Waals surface area contributed by atoms with Crippen LogP contribution in [0.5, 0.6) is 0 Å². The topological polar surface area (TPSA) is 94.8 Å². The lowest BCUT2D eigenvalue weighted by molar-refractivity contribution is -0.151. The molecule has 1 aliphatic rings. The van der Waals surface area contributed by atoms with Crippen molar-refractivity contribution in [2.75, 3.05) is 26.9 Å². The van der Waals surface area contributed by atoms with Crippen molar-refractivity contribution < 1.29 is 23.6 Å². The summed E-state index contributed by atoms with van der Waals surface area (Å²) in [5, 5.41) is 3.54. The maximum Gasteiger partial charge on any atom is 0.331 e. The predicted octanol–water partition coefficient (Wildman–Crippen LogP) is -0.608. The molecule has 1 aromatic rings. The summed E-state index contributed by atoms with van der Waals surface area (Å²) in [5.41, 5.74) is 0. The van der Waals surface area contributed by atoms with E-state index in [0.717, 1.165) is 0 Å². The standard InChI is InChI=1S/C10H13N3O5/c1-6-11-8(12-18-6)9(14)13-3-4-17-5-7(13)10(15)16-2/h7H,3-5H2,1-2H3. The minimum absolute atomic E-state index is 0.0664. The van der Waals surface area contributed by atoms with Crippen molar-refractivity contribution in [2.45, 2.75) is 13.0 Å². The Balaban J connectivity index is 2.18. The number of amides is 1. The highest BCUT2D eigenvalue weighted by molar-refractivity contribution is 5.93. The fraction of sp³-hybridized carbons (Fsp3) is 0.600. The van der Waals surface area contributed by atoms with Crippen LogP contribution in [0.1, 0.15) is 16.5 Å². The van der Waals surface area contributed by atoms with Crippen LogP contribution in [0, 0.1) is 6.92 Å². The molecule has 2 heterocycles. The van der Waals surface area contributed by atoms with Gasteiger partial charge in [0.05, 0.1) is 20.3 Å². The van der Waals surface area contributed by atoms with E-state index in [9.17, 15) is 9.59 Å². The van der Waals surface area contributed by atoms with Gasteiger partial charge in [0.25, 0.3) is 11.7 Å². The summed E-state index contributed by atoms with van der Waals surface area (Å²) >= 11 is 0.